The SMILES string of the molecule is C=CC(CCCCC)O[Si](c1ccccc1)(c1ccccc1)C(C)(C)C. The van der Waals surface area contributed by atoms with Gasteiger partial charge in [0, 0.05) is 0 Å². The molecule has 2 heteroatoms. The van der Waals surface area contributed by atoms with E-state index < -0.39 is 8.32 Å². The van der Waals surface area contributed by atoms with Crippen LogP contribution in [0.5, 0.6) is 0 Å². The Bertz CT molecular complexity index is 618. The van der Waals surface area contributed by atoms with Crippen molar-refractivity contribution in [1.29, 1.82) is 0 Å². The van der Waals surface area contributed by atoms with Crippen LogP contribution in [-0.2, 0) is 4.43 Å². The Morgan fingerprint density at radius 3 is 1.81 bits per heavy atom. The normalized spacial score (nSPS) is 13.4. The Morgan fingerprint density at radius 2 is 1.42 bits per heavy atom. The van der Waals surface area contributed by atoms with Gasteiger partial charge in [-0.25, -0.2) is 0 Å². The molecule has 0 aliphatic rings. The van der Waals surface area contributed by atoms with Crippen molar-refractivity contribution >= 4 is 18.7 Å². The number of benzene rings is 2. The molecule has 0 N–H and O–H groups in total. The predicted molar refractivity (Wildman–Crippen MR) is 117 cm³/mol. The molecule has 1 nitrogen and oxygen atoms in total. The van der Waals surface area contributed by atoms with E-state index in [0.29, 0.717) is 0 Å². The van der Waals surface area contributed by atoms with Crippen LogP contribution in [0.3, 0.4) is 0 Å². The molecule has 0 amide bonds. The fourth-order valence-electron chi connectivity index (χ4n) is 3.74. The molecule has 2 rings (SSSR count). The third-order valence-corrected chi connectivity index (χ3v) is 10.2. The standard InChI is InChI=1S/C24H34OSi/c1-6-8-11-16-21(7-2)25-26(24(3,4)5,22-17-12-9-13-18-22)23-19-14-10-15-20-23/h7,9-10,12-15,17-21H,2,6,8,11,16H2,1,3-5H3. The van der Waals surface area contributed by atoms with Gasteiger partial charge in [0.25, 0.3) is 8.32 Å². The van der Waals surface area contributed by atoms with E-state index in [-0.39, 0.29) is 11.1 Å². The zero-order chi connectivity index (χ0) is 19.0. The summed E-state index contributed by atoms with van der Waals surface area (Å²) >= 11 is 0. The third-order valence-electron chi connectivity index (χ3n) is 5.10. The van der Waals surface area contributed by atoms with Crippen molar-refractivity contribution in [3.8, 4) is 0 Å². The van der Waals surface area contributed by atoms with Gasteiger partial charge in [-0.3, -0.25) is 0 Å². The Hall–Kier alpha value is -1.64. The molecule has 0 spiro atoms. The van der Waals surface area contributed by atoms with E-state index in [1.54, 1.807) is 0 Å². The summed E-state index contributed by atoms with van der Waals surface area (Å²) in [5.74, 6) is 0. The van der Waals surface area contributed by atoms with E-state index >= 15 is 0 Å². The molecule has 2 aromatic rings. The molecule has 0 radical (unpaired) electrons. The van der Waals surface area contributed by atoms with Crippen molar-refractivity contribution in [2.24, 2.45) is 0 Å². The maximum atomic E-state index is 7.09. The molecule has 0 aliphatic heterocycles. The Morgan fingerprint density at radius 1 is 0.923 bits per heavy atom. The molecule has 1 atom stereocenters. The quantitative estimate of drug-likeness (QED) is 0.314. The highest BCUT2D eigenvalue weighted by atomic mass is 28.4. The first-order valence-corrected chi connectivity index (χ1v) is 11.8. The highest BCUT2D eigenvalue weighted by Gasteiger charge is 2.51. The summed E-state index contributed by atoms with van der Waals surface area (Å²) in [4.78, 5) is 0. The van der Waals surface area contributed by atoms with Crippen LogP contribution in [0.2, 0.25) is 5.04 Å². The number of hydrogen-bond donors (Lipinski definition) is 0. The average Bonchev–Trinajstić information content (AvgIpc) is 2.65. The topological polar surface area (TPSA) is 9.23 Å². The maximum absolute atomic E-state index is 7.09. The van der Waals surface area contributed by atoms with Gasteiger partial charge in [-0.05, 0) is 21.8 Å². The summed E-state index contributed by atoms with van der Waals surface area (Å²) in [5.41, 5.74) is 0. The molecule has 0 fully saturated rings. The van der Waals surface area contributed by atoms with Gasteiger partial charge in [-0.1, -0.05) is 114 Å². The maximum Gasteiger partial charge on any atom is 0.261 e. The first kappa shape index (κ1) is 20.7. The summed E-state index contributed by atoms with van der Waals surface area (Å²) in [6, 6.07) is 21.7. The summed E-state index contributed by atoms with van der Waals surface area (Å²) in [6.07, 6.45) is 6.80. The van der Waals surface area contributed by atoms with Gasteiger partial charge in [-0.2, -0.15) is 0 Å². The number of hydrogen-bond acceptors (Lipinski definition) is 1. The monoisotopic (exact) mass is 366 g/mol. The smallest absolute Gasteiger partial charge is 0.261 e. The fourth-order valence-corrected chi connectivity index (χ4v) is 8.42. The van der Waals surface area contributed by atoms with Gasteiger partial charge in [0.05, 0.1) is 6.10 Å². The number of rotatable bonds is 9. The van der Waals surface area contributed by atoms with E-state index in [4.69, 9.17) is 4.43 Å². The van der Waals surface area contributed by atoms with Crippen LogP contribution < -0.4 is 10.4 Å². The van der Waals surface area contributed by atoms with E-state index in [0.717, 1.165) is 6.42 Å². The second kappa shape index (κ2) is 9.34. The molecule has 1 unspecified atom stereocenters. The summed E-state index contributed by atoms with van der Waals surface area (Å²) in [7, 11) is -2.46. The van der Waals surface area contributed by atoms with E-state index in [2.05, 4.69) is 94.9 Å². The Labute approximate surface area is 161 Å². The van der Waals surface area contributed by atoms with Crippen LogP contribution in [0, 0.1) is 0 Å². The lowest BCUT2D eigenvalue weighted by Gasteiger charge is -2.44. The lowest BCUT2D eigenvalue weighted by molar-refractivity contribution is 0.219. The first-order valence-electron chi connectivity index (χ1n) is 9.87. The average molecular weight is 367 g/mol. The summed E-state index contributed by atoms with van der Waals surface area (Å²) < 4.78 is 7.09. The van der Waals surface area contributed by atoms with Crippen molar-refractivity contribution in [3.63, 3.8) is 0 Å². The van der Waals surface area contributed by atoms with Crippen LogP contribution in [0.25, 0.3) is 0 Å². The minimum absolute atomic E-state index is 0.0156. The number of unbranched alkanes of at least 4 members (excludes halogenated alkanes) is 2. The molecule has 0 bridgehead atoms. The van der Waals surface area contributed by atoms with Gasteiger partial charge < -0.3 is 4.43 Å². The minimum Gasteiger partial charge on any atom is -0.401 e. The summed E-state index contributed by atoms with van der Waals surface area (Å²) in [5, 5.41) is 2.68. The van der Waals surface area contributed by atoms with Gasteiger partial charge >= 0.3 is 0 Å². The highest BCUT2D eigenvalue weighted by Crippen LogP contribution is 2.38. The molecule has 2 aromatic carbocycles. The minimum atomic E-state index is -2.46. The zero-order valence-corrected chi connectivity index (χ0v) is 17.9. The molecular weight excluding hydrogens is 332 g/mol. The van der Waals surface area contributed by atoms with Crippen LogP contribution in [0.4, 0.5) is 0 Å². The third kappa shape index (κ3) is 4.55. The van der Waals surface area contributed by atoms with Gasteiger partial charge in [0.1, 0.15) is 0 Å². The molecule has 26 heavy (non-hydrogen) atoms. The van der Waals surface area contributed by atoms with Crippen LogP contribution in [0.1, 0.15) is 53.4 Å². The van der Waals surface area contributed by atoms with Crippen molar-refractivity contribution in [2.75, 3.05) is 0 Å². The first-order chi connectivity index (χ1) is 12.5. The van der Waals surface area contributed by atoms with Gasteiger partial charge in [0.15, 0.2) is 0 Å². The highest BCUT2D eigenvalue weighted by molar-refractivity contribution is 6.99. The molecule has 0 saturated heterocycles. The predicted octanol–water partition coefficient (Wildman–Crippen LogP) is 5.70. The molecule has 0 saturated carbocycles. The lowest BCUT2D eigenvalue weighted by atomic mass is 10.1. The zero-order valence-electron chi connectivity index (χ0n) is 16.9. The second-order valence-electron chi connectivity index (χ2n) is 8.05. The van der Waals surface area contributed by atoms with E-state index in [9.17, 15) is 0 Å². The second-order valence-corrected chi connectivity index (χ2v) is 12.3. The van der Waals surface area contributed by atoms with Gasteiger partial charge in [0.2, 0.25) is 0 Å². The Balaban J connectivity index is 2.54. The van der Waals surface area contributed by atoms with Gasteiger partial charge in [-0.15, -0.1) is 6.58 Å². The molecular formula is C24H34OSi. The van der Waals surface area contributed by atoms with Crippen LogP contribution in [0.15, 0.2) is 73.3 Å². The van der Waals surface area contributed by atoms with Crippen LogP contribution >= 0.6 is 0 Å². The Kier molecular flexibility index (Phi) is 7.42. The van der Waals surface area contributed by atoms with E-state index in [1.807, 2.05) is 6.08 Å². The fraction of sp³-hybridized carbons (Fsp3) is 0.417. The van der Waals surface area contributed by atoms with E-state index in [1.165, 1.54) is 29.6 Å². The van der Waals surface area contributed by atoms with Crippen molar-refractivity contribution in [1.82, 2.24) is 0 Å². The molecule has 140 valence electrons. The molecule has 0 aliphatic carbocycles. The largest absolute Gasteiger partial charge is 0.401 e. The van der Waals surface area contributed by atoms with Crippen molar-refractivity contribution in [3.05, 3.63) is 73.3 Å². The lowest BCUT2D eigenvalue weighted by Crippen LogP contribution is -2.67. The molecule has 0 aromatic heterocycles. The molecule has 0 heterocycles. The summed E-state index contributed by atoms with van der Waals surface area (Å²) in [6.45, 7) is 13.3. The van der Waals surface area contributed by atoms with Crippen LogP contribution in [-0.4, -0.2) is 14.4 Å². The van der Waals surface area contributed by atoms with Crippen molar-refractivity contribution < 1.29 is 4.43 Å². The van der Waals surface area contributed by atoms with Crippen molar-refractivity contribution in [2.45, 2.75) is 64.5 Å².